The maximum Gasteiger partial charge on any atom is 0.318 e. The van der Waals surface area contributed by atoms with Crippen molar-refractivity contribution in [1.82, 2.24) is 20.1 Å². The van der Waals surface area contributed by atoms with Gasteiger partial charge in [-0.1, -0.05) is 60.1 Å². The highest BCUT2D eigenvalue weighted by Crippen LogP contribution is 2.33. The molecule has 0 aliphatic carbocycles. The van der Waals surface area contributed by atoms with E-state index in [1.54, 1.807) is 0 Å². The summed E-state index contributed by atoms with van der Waals surface area (Å²) in [5.41, 5.74) is 5.12. The molecule has 0 radical (unpaired) electrons. The van der Waals surface area contributed by atoms with E-state index < -0.39 is 6.04 Å². The molecular weight excluding hydrogens is 560 g/mol. The molecule has 2 N–H and O–H groups in total. The van der Waals surface area contributed by atoms with Gasteiger partial charge in [-0.15, -0.1) is 0 Å². The third-order valence-corrected chi connectivity index (χ3v) is 8.99. The molecule has 0 unspecified atom stereocenters. The number of halogens is 1. The number of amides is 3. The van der Waals surface area contributed by atoms with Crippen molar-refractivity contribution in [2.24, 2.45) is 0 Å². The lowest BCUT2D eigenvalue weighted by Gasteiger charge is -2.39. The summed E-state index contributed by atoms with van der Waals surface area (Å²) >= 11 is 6.45. The Bertz CT molecular complexity index is 1590. The highest BCUT2D eigenvalue weighted by molar-refractivity contribution is 6.33. The smallest absolute Gasteiger partial charge is 0.318 e. The second kappa shape index (κ2) is 12.7. The van der Waals surface area contributed by atoms with Gasteiger partial charge in [0.1, 0.15) is 6.04 Å². The molecule has 1 saturated heterocycles. The lowest BCUT2D eigenvalue weighted by molar-refractivity contribution is -0.121. The van der Waals surface area contributed by atoms with Gasteiger partial charge in [0, 0.05) is 68.0 Å². The van der Waals surface area contributed by atoms with Gasteiger partial charge < -0.3 is 29.9 Å². The highest BCUT2D eigenvalue weighted by Gasteiger charge is 2.38. The van der Waals surface area contributed by atoms with Crippen molar-refractivity contribution in [2.45, 2.75) is 24.8 Å². The Balaban J connectivity index is 1.31. The monoisotopic (exact) mass is 598 g/mol. The number of anilines is 2. The molecule has 4 aromatic rings. The van der Waals surface area contributed by atoms with E-state index in [-0.39, 0.29) is 17.9 Å². The number of hydrogen-bond donors (Lipinski definition) is 2. The number of benzene rings is 3. The molecule has 8 nitrogen and oxygen atoms in total. The number of hydrogen-bond acceptors (Lipinski definition) is 4. The van der Waals surface area contributed by atoms with Gasteiger partial charge >= 0.3 is 6.03 Å². The van der Waals surface area contributed by atoms with E-state index in [4.69, 9.17) is 11.6 Å². The van der Waals surface area contributed by atoms with E-state index in [0.717, 1.165) is 40.7 Å². The van der Waals surface area contributed by atoms with Crippen LogP contribution >= 0.6 is 11.6 Å². The summed E-state index contributed by atoms with van der Waals surface area (Å²) in [7, 11) is 4.02. The quantitative estimate of drug-likeness (QED) is 0.301. The number of rotatable bonds is 7. The fraction of sp³-hybridized carbons (Fsp3) is 0.353. The molecule has 3 amide bonds. The zero-order chi connectivity index (χ0) is 29.9. The van der Waals surface area contributed by atoms with Gasteiger partial charge in [0.15, 0.2) is 0 Å². The number of carbonyl (C=O) groups excluding carboxylic acids is 2. The van der Waals surface area contributed by atoms with Crippen molar-refractivity contribution in [3.63, 3.8) is 0 Å². The van der Waals surface area contributed by atoms with Crippen LogP contribution < -0.4 is 15.1 Å². The van der Waals surface area contributed by atoms with E-state index in [1.165, 1.54) is 5.56 Å². The number of likely N-dealkylation sites (N-methyl/N-ethyl adjacent to an activating group) is 1. The largest absolute Gasteiger partial charge is 0.367 e. The minimum absolute atomic E-state index is 0.0765. The van der Waals surface area contributed by atoms with Crippen molar-refractivity contribution in [3.05, 3.63) is 95.1 Å². The molecule has 9 heteroatoms. The lowest BCUT2D eigenvalue weighted by atomic mass is 9.88. The van der Waals surface area contributed by atoms with Crippen LogP contribution in [0.25, 0.3) is 10.9 Å². The van der Waals surface area contributed by atoms with Crippen LogP contribution in [0.5, 0.6) is 0 Å². The van der Waals surface area contributed by atoms with Crippen molar-refractivity contribution >= 4 is 45.8 Å². The summed E-state index contributed by atoms with van der Waals surface area (Å²) in [6, 6.07) is 23.1. The number of nitrogens with one attached hydrogen (secondary N) is 2. The Morgan fingerprint density at radius 1 is 0.907 bits per heavy atom. The van der Waals surface area contributed by atoms with Crippen molar-refractivity contribution in [3.8, 4) is 0 Å². The Hall–Kier alpha value is -4.01. The molecule has 1 aromatic heterocycles. The summed E-state index contributed by atoms with van der Waals surface area (Å²) < 4.78 is 0. The van der Waals surface area contributed by atoms with Crippen LogP contribution in [0, 0.1) is 0 Å². The number of aromatic nitrogens is 1. The van der Waals surface area contributed by atoms with Crippen LogP contribution in [0.3, 0.4) is 0 Å². The standard InChI is InChI=1S/C34H39ClN6O2/c1-38(2)23-27(26-22-36-29-14-6-4-12-25(26)29)32(33(42)41-17-9-11-24-10-3-7-15-30(24)41)37-34(43)40-20-18-39(19-21-40)31-16-8-5-13-28(31)35/h3-8,10,12-16,22,27,32,36H,9,11,17-21,23H2,1-2H3,(H,37,43)/t27-,32+/m0/s1. The molecule has 3 heterocycles. The van der Waals surface area contributed by atoms with Crippen molar-refractivity contribution in [2.75, 3.05) is 63.2 Å². The Labute approximate surface area is 258 Å². The number of urea groups is 1. The molecule has 0 bridgehead atoms. The summed E-state index contributed by atoms with van der Waals surface area (Å²) in [5, 5.41) is 5.02. The first kappa shape index (κ1) is 29.1. The molecule has 6 rings (SSSR count). The van der Waals surface area contributed by atoms with Crippen LogP contribution in [-0.4, -0.2) is 86.1 Å². The molecule has 224 valence electrons. The minimum Gasteiger partial charge on any atom is -0.367 e. The van der Waals surface area contributed by atoms with Crippen molar-refractivity contribution in [1.29, 1.82) is 0 Å². The molecule has 43 heavy (non-hydrogen) atoms. The molecule has 0 spiro atoms. The molecule has 3 aromatic carbocycles. The molecule has 2 aliphatic heterocycles. The topological polar surface area (TPSA) is 74.9 Å². The SMILES string of the molecule is CN(C)C[C@@H](c1c[nH]c2ccccc12)[C@@H](NC(=O)N1CCN(c2ccccc2Cl)CC1)C(=O)N1CCCc2ccccc21. The van der Waals surface area contributed by atoms with Crippen LogP contribution in [0.15, 0.2) is 79.0 Å². The van der Waals surface area contributed by atoms with Gasteiger partial charge in [-0.25, -0.2) is 4.79 Å². The summed E-state index contributed by atoms with van der Waals surface area (Å²) in [6.45, 7) is 3.62. The minimum atomic E-state index is -0.762. The molecule has 0 saturated carbocycles. The van der Waals surface area contributed by atoms with Crippen molar-refractivity contribution < 1.29 is 9.59 Å². The van der Waals surface area contributed by atoms with Gasteiger partial charge in [-0.05, 0) is 62.3 Å². The summed E-state index contributed by atoms with van der Waals surface area (Å²) in [5.74, 6) is -0.353. The first-order chi connectivity index (χ1) is 20.9. The summed E-state index contributed by atoms with van der Waals surface area (Å²) in [4.78, 5) is 40.0. The van der Waals surface area contributed by atoms with Gasteiger partial charge in [0.05, 0.1) is 10.7 Å². The van der Waals surface area contributed by atoms with E-state index in [2.05, 4.69) is 32.2 Å². The molecule has 1 fully saturated rings. The van der Waals surface area contributed by atoms with Gasteiger partial charge in [0.25, 0.3) is 0 Å². The van der Waals surface area contributed by atoms with E-state index in [1.807, 2.05) is 90.8 Å². The summed E-state index contributed by atoms with van der Waals surface area (Å²) in [6.07, 6.45) is 3.83. The van der Waals surface area contributed by atoms with Crippen LogP contribution in [0.2, 0.25) is 5.02 Å². The normalized spacial score (nSPS) is 16.7. The zero-order valence-electron chi connectivity index (χ0n) is 24.8. The first-order valence-electron chi connectivity index (χ1n) is 15.1. The van der Waals surface area contributed by atoms with Gasteiger partial charge in [0.2, 0.25) is 5.91 Å². The number of nitrogens with zero attached hydrogens (tertiary/aromatic N) is 4. The van der Waals surface area contributed by atoms with Gasteiger partial charge in [-0.2, -0.15) is 0 Å². The van der Waals surface area contributed by atoms with E-state index >= 15 is 0 Å². The molecule has 2 aliphatic rings. The van der Waals surface area contributed by atoms with E-state index in [0.29, 0.717) is 44.3 Å². The number of fused-ring (bicyclic) bond motifs is 2. The third kappa shape index (κ3) is 6.08. The second-order valence-corrected chi connectivity index (χ2v) is 12.1. The lowest BCUT2D eigenvalue weighted by Crippen LogP contribution is -2.59. The fourth-order valence-corrected chi connectivity index (χ4v) is 6.78. The van der Waals surface area contributed by atoms with Crippen LogP contribution in [-0.2, 0) is 11.2 Å². The molecule has 2 atom stereocenters. The Kier molecular flexibility index (Phi) is 8.58. The number of aromatic amines is 1. The van der Waals surface area contributed by atoms with Crippen LogP contribution in [0.1, 0.15) is 23.5 Å². The predicted molar refractivity (Wildman–Crippen MR) is 174 cm³/mol. The Morgan fingerprint density at radius 2 is 1.60 bits per heavy atom. The maximum absolute atomic E-state index is 14.6. The third-order valence-electron chi connectivity index (χ3n) is 8.67. The predicted octanol–water partition coefficient (Wildman–Crippen LogP) is 5.35. The maximum atomic E-state index is 14.6. The number of carbonyl (C=O) groups is 2. The number of para-hydroxylation sites is 3. The second-order valence-electron chi connectivity index (χ2n) is 11.7. The number of piperazine rings is 1. The average Bonchev–Trinajstić information content (AvgIpc) is 3.46. The zero-order valence-corrected chi connectivity index (χ0v) is 25.6. The first-order valence-corrected chi connectivity index (χ1v) is 15.4. The Morgan fingerprint density at radius 3 is 2.37 bits per heavy atom. The van der Waals surface area contributed by atoms with Gasteiger partial charge in [-0.3, -0.25) is 4.79 Å². The fourth-order valence-electron chi connectivity index (χ4n) is 6.53. The average molecular weight is 599 g/mol. The number of aryl methyl sites for hydroxylation is 1. The van der Waals surface area contributed by atoms with Crippen LogP contribution in [0.4, 0.5) is 16.2 Å². The number of H-pyrrole nitrogens is 1. The van der Waals surface area contributed by atoms with E-state index in [9.17, 15) is 9.59 Å². The highest BCUT2D eigenvalue weighted by atomic mass is 35.5. The molecular formula is C34H39ClN6O2.